The van der Waals surface area contributed by atoms with Gasteiger partial charge in [0, 0.05) is 43.2 Å². The van der Waals surface area contributed by atoms with E-state index in [9.17, 15) is 8.42 Å². The number of rotatable bonds is 11. The second kappa shape index (κ2) is 12.1. The fourth-order valence-corrected chi connectivity index (χ4v) is 4.40. The van der Waals surface area contributed by atoms with Gasteiger partial charge in [-0.2, -0.15) is 4.98 Å². The van der Waals surface area contributed by atoms with Gasteiger partial charge in [-0.3, -0.25) is 4.72 Å². The molecule has 0 amide bonds. The third-order valence-corrected chi connectivity index (χ3v) is 6.20. The summed E-state index contributed by atoms with van der Waals surface area (Å²) in [5, 5.41) is 6.46. The average molecular weight is 529 g/mol. The Balaban J connectivity index is 1.61. The molecule has 0 unspecified atom stereocenters. The van der Waals surface area contributed by atoms with Crippen LogP contribution in [-0.2, 0) is 26.1 Å². The van der Waals surface area contributed by atoms with E-state index in [2.05, 4.69) is 30.2 Å². The Morgan fingerprint density at radius 2 is 1.81 bits per heavy atom. The van der Waals surface area contributed by atoms with Crippen molar-refractivity contribution in [2.45, 2.75) is 13.5 Å². The molecule has 198 valence electrons. The number of ether oxygens (including phenoxy) is 3. The predicted molar refractivity (Wildman–Crippen MR) is 145 cm³/mol. The van der Waals surface area contributed by atoms with Gasteiger partial charge in [0.1, 0.15) is 11.6 Å². The SMILES string of the molecule is CCOCc1cnc(Nc2ccc(N3CCOCC3)cc2OC)nc1Nc1ccccc1NS(C)(=O)=O. The molecule has 1 fully saturated rings. The molecule has 0 radical (unpaired) electrons. The smallest absolute Gasteiger partial charge is 0.229 e. The van der Waals surface area contributed by atoms with Gasteiger partial charge in [-0.05, 0) is 31.2 Å². The highest BCUT2D eigenvalue weighted by atomic mass is 32.2. The van der Waals surface area contributed by atoms with Gasteiger partial charge >= 0.3 is 0 Å². The van der Waals surface area contributed by atoms with Crippen molar-refractivity contribution >= 4 is 44.5 Å². The summed E-state index contributed by atoms with van der Waals surface area (Å²) < 4.78 is 42.9. The Kier molecular flexibility index (Phi) is 8.64. The highest BCUT2D eigenvalue weighted by molar-refractivity contribution is 7.92. The van der Waals surface area contributed by atoms with Gasteiger partial charge in [0.05, 0.1) is 50.2 Å². The van der Waals surface area contributed by atoms with E-state index in [1.807, 2.05) is 25.1 Å². The first-order chi connectivity index (χ1) is 17.9. The van der Waals surface area contributed by atoms with Crippen LogP contribution in [0.5, 0.6) is 5.75 Å². The number of hydrogen-bond acceptors (Lipinski definition) is 10. The Bertz CT molecular complexity index is 1310. The van der Waals surface area contributed by atoms with E-state index in [0.717, 1.165) is 30.6 Å². The molecule has 0 saturated carbocycles. The maximum absolute atomic E-state index is 11.8. The number of para-hydroxylation sites is 2. The lowest BCUT2D eigenvalue weighted by atomic mass is 10.2. The third kappa shape index (κ3) is 7.21. The molecule has 1 aliphatic heterocycles. The lowest BCUT2D eigenvalue weighted by Gasteiger charge is -2.29. The van der Waals surface area contributed by atoms with Crippen LogP contribution >= 0.6 is 0 Å². The summed E-state index contributed by atoms with van der Waals surface area (Å²) in [7, 11) is -1.85. The van der Waals surface area contributed by atoms with Gasteiger partial charge < -0.3 is 29.7 Å². The minimum absolute atomic E-state index is 0.290. The van der Waals surface area contributed by atoms with Crippen LogP contribution in [0.2, 0.25) is 0 Å². The first-order valence-electron chi connectivity index (χ1n) is 11.9. The number of benzene rings is 2. The number of morpholine rings is 1. The second-order valence-corrected chi connectivity index (χ2v) is 10.1. The van der Waals surface area contributed by atoms with Gasteiger partial charge in [0.15, 0.2) is 0 Å². The molecule has 1 aliphatic rings. The first kappa shape index (κ1) is 26.5. The molecule has 1 saturated heterocycles. The van der Waals surface area contributed by atoms with Crippen molar-refractivity contribution in [3.05, 3.63) is 54.2 Å². The third-order valence-electron chi connectivity index (χ3n) is 5.61. The van der Waals surface area contributed by atoms with Crippen molar-refractivity contribution in [1.82, 2.24) is 9.97 Å². The second-order valence-electron chi connectivity index (χ2n) is 8.36. The standard InChI is InChI=1S/C25H32N6O5S/c1-4-35-17-18-16-26-25(29-24(18)27-20-7-5-6-8-21(20)30-37(3,32)33)28-22-10-9-19(15-23(22)34-2)31-11-13-36-14-12-31/h5-10,15-16,30H,4,11-14,17H2,1-3H3,(H2,26,27,28,29). The fraction of sp³-hybridized carbons (Fsp3) is 0.360. The lowest BCUT2D eigenvalue weighted by molar-refractivity contribution is 0.122. The maximum Gasteiger partial charge on any atom is 0.229 e. The average Bonchev–Trinajstić information content (AvgIpc) is 2.89. The molecule has 11 nitrogen and oxygen atoms in total. The molecular formula is C25H32N6O5S. The van der Waals surface area contributed by atoms with Crippen LogP contribution in [-0.4, -0.2) is 64.7 Å². The summed E-state index contributed by atoms with van der Waals surface area (Å²) in [5.41, 5.74) is 3.43. The largest absolute Gasteiger partial charge is 0.494 e. The monoisotopic (exact) mass is 528 g/mol. The molecule has 2 aromatic carbocycles. The Morgan fingerprint density at radius 3 is 2.51 bits per heavy atom. The highest BCUT2D eigenvalue weighted by Gasteiger charge is 2.16. The van der Waals surface area contributed by atoms with Crippen LogP contribution in [0, 0.1) is 0 Å². The molecular weight excluding hydrogens is 496 g/mol. The van der Waals surface area contributed by atoms with Gasteiger partial charge in [0.2, 0.25) is 16.0 Å². The van der Waals surface area contributed by atoms with Crippen LogP contribution in [0.15, 0.2) is 48.7 Å². The van der Waals surface area contributed by atoms with Crippen molar-refractivity contribution in [2.24, 2.45) is 0 Å². The zero-order valence-electron chi connectivity index (χ0n) is 21.2. The Morgan fingerprint density at radius 1 is 1.05 bits per heavy atom. The minimum atomic E-state index is -3.47. The van der Waals surface area contributed by atoms with E-state index in [1.54, 1.807) is 37.6 Å². The molecule has 4 rings (SSSR count). The molecule has 37 heavy (non-hydrogen) atoms. The maximum atomic E-state index is 11.8. The summed E-state index contributed by atoms with van der Waals surface area (Å²) in [6.45, 7) is 5.76. The summed E-state index contributed by atoms with van der Waals surface area (Å²) in [6.07, 6.45) is 2.78. The zero-order chi connectivity index (χ0) is 26.3. The Labute approximate surface area is 217 Å². The number of nitrogens with zero attached hydrogens (tertiary/aromatic N) is 3. The number of sulfonamides is 1. The van der Waals surface area contributed by atoms with Gasteiger partial charge in [0.25, 0.3) is 0 Å². The van der Waals surface area contributed by atoms with Crippen LogP contribution in [0.3, 0.4) is 0 Å². The molecule has 0 atom stereocenters. The molecule has 0 bridgehead atoms. The Hall–Kier alpha value is -3.61. The van der Waals surface area contributed by atoms with Gasteiger partial charge in [-0.15, -0.1) is 0 Å². The van der Waals surface area contributed by atoms with E-state index >= 15 is 0 Å². The van der Waals surface area contributed by atoms with E-state index in [0.29, 0.717) is 61.0 Å². The molecule has 1 aromatic heterocycles. The van der Waals surface area contributed by atoms with Crippen molar-refractivity contribution in [3.8, 4) is 5.75 Å². The van der Waals surface area contributed by atoms with Crippen molar-refractivity contribution in [2.75, 3.05) is 66.5 Å². The van der Waals surface area contributed by atoms with Crippen LogP contribution in [0.4, 0.5) is 34.5 Å². The van der Waals surface area contributed by atoms with Crippen molar-refractivity contribution in [1.29, 1.82) is 0 Å². The topological polar surface area (TPSA) is 127 Å². The number of anilines is 6. The minimum Gasteiger partial charge on any atom is -0.494 e. The normalized spacial score (nSPS) is 13.8. The molecule has 0 aliphatic carbocycles. The summed E-state index contributed by atoms with van der Waals surface area (Å²) in [5.74, 6) is 1.48. The summed E-state index contributed by atoms with van der Waals surface area (Å²) in [4.78, 5) is 11.4. The van der Waals surface area contributed by atoms with Crippen molar-refractivity contribution < 1.29 is 22.6 Å². The van der Waals surface area contributed by atoms with E-state index in [1.165, 1.54) is 0 Å². The number of hydrogen-bond donors (Lipinski definition) is 3. The summed E-state index contributed by atoms with van der Waals surface area (Å²) >= 11 is 0. The molecule has 2 heterocycles. The quantitative estimate of drug-likeness (QED) is 0.339. The first-order valence-corrected chi connectivity index (χ1v) is 13.8. The van der Waals surface area contributed by atoms with E-state index in [-0.39, 0.29) is 0 Å². The van der Waals surface area contributed by atoms with Crippen molar-refractivity contribution in [3.63, 3.8) is 0 Å². The van der Waals surface area contributed by atoms with Crippen LogP contribution in [0.25, 0.3) is 0 Å². The van der Waals surface area contributed by atoms with Gasteiger partial charge in [-0.25, -0.2) is 13.4 Å². The predicted octanol–water partition coefficient (Wildman–Crippen LogP) is 3.72. The van der Waals surface area contributed by atoms with E-state index in [4.69, 9.17) is 14.2 Å². The van der Waals surface area contributed by atoms with Crippen LogP contribution < -0.4 is 25.0 Å². The molecule has 3 aromatic rings. The number of methoxy groups -OCH3 is 1. The number of nitrogens with one attached hydrogen (secondary N) is 3. The lowest BCUT2D eigenvalue weighted by Crippen LogP contribution is -2.36. The van der Waals surface area contributed by atoms with Crippen LogP contribution in [0.1, 0.15) is 12.5 Å². The highest BCUT2D eigenvalue weighted by Crippen LogP contribution is 2.33. The zero-order valence-corrected chi connectivity index (χ0v) is 22.0. The molecule has 0 spiro atoms. The molecule has 3 N–H and O–H groups in total. The number of aromatic nitrogens is 2. The molecule has 12 heteroatoms. The summed E-state index contributed by atoms with van der Waals surface area (Å²) in [6, 6.07) is 12.9. The van der Waals surface area contributed by atoms with Gasteiger partial charge in [-0.1, -0.05) is 12.1 Å². The fourth-order valence-electron chi connectivity index (χ4n) is 3.82. The van der Waals surface area contributed by atoms with E-state index < -0.39 is 10.0 Å².